The summed E-state index contributed by atoms with van der Waals surface area (Å²) in [5, 5.41) is 48.1. The van der Waals surface area contributed by atoms with Crippen LogP contribution in [0.25, 0.3) is 0 Å². The standard InChI is InChI=1S/3C4H7NO4.Fe/c3*5-2(4(8)9)1-3(6)7;/h3*2H,1,5H2,(H,6,7)(H,8,9);/q;;;+3. The normalized spacial score (nSPS) is 12.1. The molecule has 0 heterocycles. The van der Waals surface area contributed by atoms with Gasteiger partial charge in [0, 0.05) is 0 Å². The van der Waals surface area contributed by atoms with Crippen LogP contribution in [0.1, 0.15) is 19.3 Å². The second kappa shape index (κ2) is 17.6. The van der Waals surface area contributed by atoms with Crippen LogP contribution in [0.3, 0.4) is 0 Å². The minimum absolute atomic E-state index is 0. The summed E-state index contributed by atoms with van der Waals surface area (Å²) in [6.07, 6.45) is -1.60. The van der Waals surface area contributed by atoms with Crippen LogP contribution in [-0.4, -0.2) is 84.6 Å². The average molecular weight is 455 g/mol. The third kappa shape index (κ3) is 25.5. The Morgan fingerprint density at radius 3 is 0.679 bits per heavy atom. The van der Waals surface area contributed by atoms with Crippen LogP contribution in [0, 0.1) is 0 Å². The number of carboxylic acid groups (broad SMARTS) is 6. The monoisotopic (exact) mass is 455 g/mol. The van der Waals surface area contributed by atoms with Gasteiger partial charge in [-0.05, 0) is 0 Å². The van der Waals surface area contributed by atoms with Crippen LogP contribution < -0.4 is 17.2 Å². The molecule has 0 aromatic heterocycles. The molecule has 12 N–H and O–H groups in total. The first-order valence-electron chi connectivity index (χ1n) is 6.72. The fraction of sp³-hybridized carbons (Fsp3) is 0.500. The molecule has 0 saturated carbocycles. The summed E-state index contributed by atoms with van der Waals surface area (Å²) in [4.78, 5) is 58.9. The summed E-state index contributed by atoms with van der Waals surface area (Å²) in [6.45, 7) is 0. The molecule has 1 radical (unpaired) electrons. The van der Waals surface area contributed by atoms with Crippen LogP contribution in [0.15, 0.2) is 0 Å². The Morgan fingerprint density at radius 1 is 0.500 bits per heavy atom. The van der Waals surface area contributed by atoms with E-state index in [-0.39, 0.29) is 17.1 Å². The topological polar surface area (TPSA) is 302 Å². The second-order valence-electron chi connectivity index (χ2n) is 4.63. The van der Waals surface area contributed by atoms with Crippen LogP contribution >= 0.6 is 0 Å². The molecular weight excluding hydrogens is 434 g/mol. The van der Waals surface area contributed by atoms with Crippen molar-refractivity contribution in [3.05, 3.63) is 0 Å². The maximum atomic E-state index is 9.85. The minimum Gasteiger partial charge on any atom is -0.481 e. The molecule has 0 amide bonds. The first kappa shape index (κ1) is 32.9. The Labute approximate surface area is 167 Å². The van der Waals surface area contributed by atoms with Gasteiger partial charge in [0.15, 0.2) is 0 Å². The minimum atomic E-state index is -1.29. The van der Waals surface area contributed by atoms with Crippen LogP contribution in [0.5, 0.6) is 0 Å². The number of carboxylic acids is 6. The molecule has 0 spiro atoms. The molecule has 0 aliphatic rings. The van der Waals surface area contributed by atoms with Gasteiger partial charge in [0.2, 0.25) is 0 Å². The molecule has 16 heteroatoms. The van der Waals surface area contributed by atoms with Gasteiger partial charge in [-0.25, -0.2) is 0 Å². The van der Waals surface area contributed by atoms with E-state index in [1.165, 1.54) is 0 Å². The van der Waals surface area contributed by atoms with Gasteiger partial charge in [0.05, 0.1) is 19.3 Å². The molecule has 15 nitrogen and oxygen atoms in total. The quantitative estimate of drug-likeness (QED) is 0.153. The van der Waals surface area contributed by atoms with Gasteiger partial charge in [-0.1, -0.05) is 0 Å². The molecule has 0 aromatic carbocycles. The average Bonchev–Trinajstić information content (AvgIpc) is 2.46. The van der Waals surface area contributed by atoms with E-state index in [1.807, 2.05) is 0 Å². The number of nitrogens with two attached hydrogens (primary N) is 3. The van der Waals surface area contributed by atoms with Crippen LogP contribution in [0.2, 0.25) is 0 Å². The first-order chi connectivity index (χ1) is 12.1. The van der Waals surface area contributed by atoms with Crippen molar-refractivity contribution >= 4 is 35.8 Å². The molecule has 0 aliphatic carbocycles. The number of hydrogen-bond acceptors (Lipinski definition) is 9. The van der Waals surface area contributed by atoms with Crippen molar-refractivity contribution in [2.24, 2.45) is 17.2 Å². The van der Waals surface area contributed by atoms with E-state index in [0.717, 1.165) is 0 Å². The predicted octanol–water partition coefficient (Wildman–Crippen LogP) is -3.38. The van der Waals surface area contributed by atoms with E-state index in [0.29, 0.717) is 0 Å². The fourth-order valence-electron chi connectivity index (χ4n) is 0.826. The predicted molar refractivity (Wildman–Crippen MR) is 83.6 cm³/mol. The van der Waals surface area contributed by atoms with E-state index in [2.05, 4.69) is 0 Å². The fourth-order valence-corrected chi connectivity index (χ4v) is 0.826. The van der Waals surface area contributed by atoms with Gasteiger partial charge in [-0.15, -0.1) is 0 Å². The molecule has 3 atom stereocenters. The molecule has 0 aliphatic heterocycles. The summed E-state index contributed by atoms with van der Waals surface area (Å²) >= 11 is 0. The van der Waals surface area contributed by atoms with Gasteiger partial charge < -0.3 is 47.8 Å². The van der Waals surface area contributed by atoms with Crippen molar-refractivity contribution < 1.29 is 76.5 Å². The molecule has 161 valence electrons. The number of carbonyl (C=O) groups is 6. The second-order valence-corrected chi connectivity index (χ2v) is 4.63. The summed E-state index contributed by atoms with van der Waals surface area (Å²) < 4.78 is 0. The van der Waals surface area contributed by atoms with Gasteiger partial charge in [0.1, 0.15) is 18.1 Å². The molecule has 0 saturated heterocycles. The summed E-state index contributed by atoms with van der Waals surface area (Å²) in [7, 11) is 0. The van der Waals surface area contributed by atoms with Gasteiger partial charge in [-0.2, -0.15) is 0 Å². The first-order valence-corrected chi connectivity index (χ1v) is 6.72. The maximum absolute atomic E-state index is 9.85. The zero-order valence-corrected chi connectivity index (χ0v) is 15.2. The van der Waals surface area contributed by atoms with Gasteiger partial charge >= 0.3 is 52.9 Å². The Kier molecular flexibility index (Phi) is 20.7. The zero-order valence-electron chi connectivity index (χ0n) is 14.1. The van der Waals surface area contributed by atoms with E-state index in [9.17, 15) is 28.8 Å². The van der Waals surface area contributed by atoms with Crippen LogP contribution in [0.4, 0.5) is 0 Å². The van der Waals surface area contributed by atoms with E-state index < -0.39 is 73.2 Å². The zero-order chi connectivity index (χ0) is 22.3. The van der Waals surface area contributed by atoms with E-state index in [1.54, 1.807) is 0 Å². The molecular formula is C12H21FeN3O12+3. The van der Waals surface area contributed by atoms with Crippen molar-refractivity contribution in [2.45, 2.75) is 37.4 Å². The number of rotatable bonds is 9. The number of aliphatic carboxylic acids is 6. The van der Waals surface area contributed by atoms with Gasteiger partial charge in [0.25, 0.3) is 0 Å². The maximum Gasteiger partial charge on any atom is 3.00 e. The molecule has 3 unspecified atom stereocenters. The summed E-state index contributed by atoms with van der Waals surface area (Å²) in [5.74, 6) is -7.49. The third-order valence-electron chi connectivity index (χ3n) is 2.14. The largest absolute Gasteiger partial charge is 3.00 e. The van der Waals surface area contributed by atoms with Gasteiger partial charge in [-0.3, -0.25) is 28.8 Å². The van der Waals surface area contributed by atoms with Crippen molar-refractivity contribution in [3.63, 3.8) is 0 Å². The molecule has 0 fully saturated rings. The Balaban J connectivity index is -0.000000152. The SMILES string of the molecule is NC(CC(=O)O)C(=O)O.NC(CC(=O)O)C(=O)O.NC(CC(=O)O)C(=O)O.[Fe+3]. The molecule has 0 aromatic rings. The summed E-state index contributed by atoms with van der Waals surface area (Å²) in [6, 6.07) is -3.87. The number of hydrogen-bond donors (Lipinski definition) is 9. The van der Waals surface area contributed by atoms with Crippen molar-refractivity contribution in [1.82, 2.24) is 0 Å². The summed E-state index contributed by atoms with van der Waals surface area (Å²) in [5.41, 5.74) is 14.5. The van der Waals surface area contributed by atoms with Crippen molar-refractivity contribution in [1.29, 1.82) is 0 Å². The molecule has 0 bridgehead atoms. The van der Waals surface area contributed by atoms with Crippen molar-refractivity contribution in [2.75, 3.05) is 0 Å². The Morgan fingerprint density at radius 2 is 0.643 bits per heavy atom. The Hall–Kier alpha value is -2.78. The van der Waals surface area contributed by atoms with E-state index in [4.69, 9.17) is 47.8 Å². The van der Waals surface area contributed by atoms with Crippen LogP contribution in [-0.2, 0) is 45.8 Å². The van der Waals surface area contributed by atoms with Crippen molar-refractivity contribution in [3.8, 4) is 0 Å². The van der Waals surface area contributed by atoms with E-state index >= 15 is 0 Å². The third-order valence-corrected chi connectivity index (χ3v) is 2.14. The smallest absolute Gasteiger partial charge is 0.481 e. The molecule has 28 heavy (non-hydrogen) atoms. The molecule has 0 rings (SSSR count). The Bertz CT molecular complexity index is 480.